The van der Waals surface area contributed by atoms with Crippen LogP contribution in [0, 0.1) is 0 Å². The van der Waals surface area contributed by atoms with Crippen molar-refractivity contribution in [3.63, 3.8) is 0 Å². The summed E-state index contributed by atoms with van der Waals surface area (Å²) in [7, 11) is 0. The summed E-state index contributed by atoms with van der Waals surface area (Å²) < 4.78 is 38.6. The number of hydrogen-bond donors (Lipinski definition) is 2. The van der Waals surface area contributed by atoms with Gasteiger partial charge in [0, 0.05) is 18.4 Å². The smallest absolute Gasteiger partial charge is 0.375 e. The van der Waals surface area contributed by atoms with Gasteiger partial charge in [-0.15, -0.1) is 0 Å². The molecule has 1 aromatic rings. The average molecular weight is 234 g/mol. The second kappa shape index (κ2) is 4.39. The second-order valence-corrected chi connectivity index (χ2v) is 3.51. The van der Waals surface area contributed by atoms with Gasteiger partial charge < -0.3 is 10.8 Å². The maximum atomic E-state index is 12.9. The van der Waals surface area contributed by atoms with Crippen LogP contribution in [0.25, 0.3) is 0 Å². The van der Waals surface area contributed by atoms with Crippen molar-refractivity contribution in [2.75, 3.05) is 0 Å². The van der Waals surface area contributed by atoms with Crippen LogP contribution in [0.2, 0.25) is 0 Å². The predicted octanol–water partition coefficient (Wildman–Crippen LogP) is 1.57. The van der Waals surface area contributed by atoms with Crippen molar-refractivity contribution in [2.45, 2.75) is 31.2 Å². The molecule has 1 rings (SSSR count). The molecule has 16 heavy (non-hydrogen) atoms. The highest BCUT2D eigenvalue weighted by atomic mass is 19.4. The Morgan fingerprint density at radius 3 is 2.25 bits per heavy atom. The molecule has 0 aliphatic heterocycles. The van der Waals surface area contributed by atoms with Gasteiger partial charge in [0.15, 0.2) is 0 Å². The van der Waals surface area contributed by atoms with Crippen LogP contribution in [-0.4, -0.2) is 22.3 Å². The summed E-state index contributed by atoms with van der Waals surface area (Å²) in [6.07, 6.45) is -2.43. The van der Waals surface area contributed by atoms with Gasteiger partial charge in [-0.3, -0.25) is 4.98 Å². The van der Waals surface area contributed by atoms with Crippen LogP contribution < -0.4 is 5.73 Å². The molecule has 2 atom stereocenters. The topological polar surface area (TPSA) is 59.1 Å². The molecule has 0 amide bonds. The normalized spacial score (nSPS) is 17.9. The Morgan fingerprint density at radius 2 is 1.88 bits per heavy atom. The molecular formula is C10H13F3N2O. The first-order chi connectivity index (χ1) is 7.34. The fourth-order valence-corrected chi connectivity index (χ4v) is 1.49. The minimum atomic E-state index is -4.82. The van der Waals surface area contributed by atoms with E-state index in [0.717, 1.165) is 12.1 Å². The number of nitrogens with zero attached hydrogens (tertiary/aromatic N) is 1. The van der Waals surface area contributed by atoms with Gasteiger partial charge in [-0.2, -0.15) is 13.2 Å². The predicted molar refractivity (Wildman–Crippen MR) is 52.5 cm³/mol. The number of halogens is 3. The molecule has 0 spiro atoms. The van der Waals surface area contributed by atoms with Crippen LogP contribution in [0.1, 0.15) is 18.9 Å². The molecule has 2 unspecified atom stereocenters. The van der Waals surface area contributed by atoms with Crippen molar-refractivity contribution in [1.29, 1.82) is 0 Å². The molecule has 1 aromatic heterocycles. The Hall–Kier alpha value is -1.14. The van der Waals surface area contributed by atoms with Crippen LogP contribution in [-0.2, 0) is 5.60 Å². The number of aromatic nitrogens is 1. The van der Waals surface area contributed by atoms with Crippen molar-refractivity contribution < 1.29 is 18.3 Å². The maximum Gasteiger partial charge on any atom is 0.423 e. The molecule has 1 heterocycles. The SMILES string of the molecule is CCC(N)C(O)(c1ccncc1)C(F)(F)F. The quantitative estimate of drug-likeness (QED) is 0.834. The van der Waals surface area contributed by atoms with Gasteiger partial charge in [0.1, 0.15) is 0 Å². The van der Waals surface area contributed by atoms with Gasteiger partial charge in [0.25, 0.3) is 0 Å². The third kappa shape index (κ3) is 2.03. The largest absolute Gasteiger partial charge is 0.423 e. The Morgan fingerprint density at radius 1 is 1.38 bits per heavy atom. The van der Waals surface area contributed by atoms with Crippen molar-refractivity contribution in [1.82, 2.24) is 4.98 Å². The number of pyridine rings is 1. The van der Waals surface area contributed by atoms with E-state index in [0.29, 0.717) is 0 Å². The summed E-state index contributed by atoms with van der Waals surface area (Å²) in [5, 5.41) is 9.81. The van der Waals surface area contributed by atoms with Crippen molar-refractivity contribution in [3.05, 3.63) is 30.1 Å². The second-order valence-electron chi connectivity index (χ2n) is 3.51. The fraction of sp³-hybridized carbons (Fsp3) is 0.500. The van der Waals surface area contributed by atoms with Crippen LogP contribution in [0.5, 0.6) is 0 Å². The van der Waals surface area contributed by atoms with E-state index in [1.54, 1.807) is 0 Å². The zero-order valence-electron chi connectivity index (χ0n) is 8.70. The van der Waals surface area contributed by atoms with Crippen molar-refractivity contribution >= 4 is 0 Å². The summed E-state index contributed by atoms with van der Waals surface area (Å²) in [6, 6.07) is 0.821. The number of aliphatic hydroxyl groups is 1. The van der Waals surface area contributed by atoms with Gasteiger partial charge in [-0.05, 0) is 24.1 Å². The number of alkyl halides is 3. The third-order valence-corrected chi connectivity index (χ3v) is 2.53. The lowest BCUT2D eigenvalue weighted by atomic mass is 9.85. The molecular weight excluding hydrogens is 221 g/mol. The number of nitrogens with two attached hydrogens (primary N) is 1. The van der Waals surface area contributed by atoms with Crippen LogP contribution in [0.3, 0.4) is 0 Å². The fourth-order valence-electron chi connectivity index (χ4n) is 1.49. The summed E-state index contributed by atoms with van der Waals surface area (Å²) in [6.45, 7) is 1.49. The van der Waals surface area contributed by atoms with E-state index < -0.39 is 17.8 Å². The summed E-state index contributed by atoms with van der Waals surface area (Å²) >= 11 is 0. The molecule has 0 aromatic carbocycles. The highest BCUT2D eigenvalue weighted by Crippen LogP contribution is 2.41. The Bertz CT molecular complexity index is 342. The van der Waals surface area contributed by atoms with Gasteiger partial charge in [0.05, 0.1) is 0 Å². The van der Waals surface area contributed by atoms with E-state index in [1.807, 2.05) is 0 Å². The lowest BCUT2D eigenvalue weighted by Crippen LogP contribution is -2.55. The average Bonchev–Trinajstić information content (AvgIpc) is 2.26. The first-order valence-electron chi connectivity index (χ1n) is 4.79. The molecule has 0 saturated carbocycles. The van der Waals surface area contributed by atoms with Crippen LogP contribution in [0.4, 0.5) is 13.2 Å². The van der Waals surface area contributed by atoms with Gasteiger partial charge in [-0.25, -0.2) is 0 Å². The van der Waals surface area contributed by atoms with Gasteiger partial charge in [-0.1, -0.05) is 6.92 Å². The number of rotatable bonds is 3. The molecule has 0 radical (unpaired) electrons. The first-order valence-corrected chi connectivity index (χ1v) is 4.79. The standard InChI is InChI=1S/C10H13F3N2O/c1-2-8(14)9(16,10(11,12)13)7-3-5-15-6-4-7/h3-6,8,16H,2,14H2,1H3. The summed E-state index contributed by atoms with van der Waals surface area (Å²) in [5.41, 5.74) is 2.07. The van der Waals surface area contributed by atoms with E-state index >= 15 is 0 Å². The molecule has 0 fully saturated rings. The zero-order chi connectivity index (χ0) is 12.4. The van der Waals surface area contributed by atoms with E-state index in [9.17, 15) is 18.3 Å². The first kappa shape index (κ1) is 12.9. The highest BCUT2D eigenvalue weighted by molar-refractivity contribution is 5.24. The monoisotopic (exact) mass is 234 g/mol. The maximum absolute atomic E-state index is 12.9. The van der Waals surface area contributed by atoms with Crippen molar-refractivity contribution in [2.24, 2.45) is 5.73 Å². The Kier molecular flexibility index (Phi) is 3.54. The minimum Gasteiger partial charge on any atom is -0.375 e. The summed E-state index contributed by atoms with van der Waals surface area (Å²) in [4.78, 5) is 3.61. The molecule has 3 nitrogen and oxygen atoms in total. The molecule has 0 aliphatic rings. The lowest BCUT2D eigenvalue weighted by Gasteiger charge is -2.35. The Balaban J connectivity index is 3.26. The number of hydrogen-bond acceptors (Lipinski definition) is 3. The molecule has 3 N–H and O–H groups in total. The summed E-state index contributed by atoms with van der Waals surface area (Å²) in [5.74, 6) is 0. The Labute approximate surface area is 91.1 Å². The molecule has 6 heteroatoms. The van der Waals surface area contributed by atoms with E-state index in [1.165, 1.54) is 19.3 Å². The van der Waals surface area contributed by atoms with E-state index in [2.05, 4.69) is 4.98 Å². The van der Waals surface area contributed by atoms with Crippen LogP contribution >= 0.6 is 0 Å². The van der Waals surface area contributed by atoms with E-state index in [4.69, 9.17) is 5.73 Å². The minimum absolute atomic E-state index is 0.0122. The van der Waals surface area contributed by atoms with E-state index in [-0.39, 0.29) is 12.0 Å². The lowest BCUT2D eigenvalue weighted by molar-refractivity contribution is -0.274. The molecule has 0 bridgehead atoms. The molecule has 0 saturated heterocycles. The highest BCUT2D eigenvalue weighted by Gasteiger charge is 2.58. The van der Waals surface area contributed by atoms with Crippen molar-refractivity contribution in [3.8, 4) is 0 Å². The van der Waals surface area contributed by atoms with Crippen LogP contribution in [0.15, 0.2) is 24.5 Å². The molecule has 0 aliphatic carbocycles. The third-order valence-electron chi connectivity index (χ3n) is 2.53. The molecule has 90 valence electrons. The van der Waals surface area contributed by atoms with Gasteiger partial charge >= 0.3 is 6.18 Å². The van der Waals surface area contributed by atoms with Gasteiger partial charge in [0.2, 0.25) is 5.60 Å². The zero-order valence-corrected chi connectivity index (χ0v) is 8.70.